The maximum atomic E-state index is 11.1. The van der Waals surface area contributed by atoms with Gasteiger partial charge in [-0.05, 0) is 35.2 Å². The van der Waals surface area contributed by atoms with E-state index < -0.39 is 8.32 Å². The molecule has 5 heteroatoms. The first kappa shape index (κ1) is 19.5. The number of carbonyl (C=O) groups is 1. The fourth-order valence-electron chi connectivity index (χ4n) is 3.46. The van der Waals surface area contributed by atoms with Crippen molar-refractivity contribution in [2.75, 3.05) is 0 Å². The molecule has 1 rings (SSSR count). The van der Waals surface area contributed by atoms with Gasteiger partial charge in [-0.3, -0.25) is 4.79 Å². The van der Waals surface area contributed by atoms with Crippen molar-refractivity contribution in [2.24, 2.45) is 0 Å². The van der Waals surface area contributed by atoms with E-state index in [9.17, 15) is 4.79 Å². The summed E-state index contributed by atoms with van der Waals surface area (Å²) >= 11 is 12.8. The minimum absolute atomic E-state index is 0.413. The normalized spacial score (nSPS) is 12.4. The van der Waals surface area contributed by atoms with Crippen LogP contribution < -0.4 is 4.43 Å². The lowest BCUT2D eigenvalue weighted by molar-refractivity contribution is 0.112. The van der Waals surface area contributed by atoms with Crippen LogP contribution in [-0.2, 0) is 0 Å². The van der Waals surface area contributed by atoms with Gasteiger partial charge in [0.15, 0.2) is 0 Å². The van der Waals surface area contributed by atoms with Gasteiger partial charge in [0.05, 0.1) is 10.0 Å². The van der Waals surface area contributed by atoms with Crippen molar-refractivity contribution in [3.8, 4) is 5.75 Å². The fraction of sp³-hybridized carbons (Fsp3) is 0.588. The van der Waals surface area contributed by atoms with Crippen LogP contribution in [0.25, 0.3) is 0 Å². The second kappa shape index (κ2) is 7.37. The number of hydrogen-bond donors (Lipinski definition) is 0. The van der Waals surface area contributed by atoms with Gasteiger partial charge in [0, 0.05) is 5.56 Å². The Bertz CT molecular complexity index is 532. The monoisotopic (exact) mass is 360 g/mol. The van der Waals surface area contributed by atoms with Gasteiger partial charge in [0.25, 0.3) is 8.32 Å². The Hall–Kier alpha value is -0.513. The van der Waals surface area contributed by atoms with Crippen molar-refractivity contribution >= 4 is 37.8 Å². The maximum absolute atomic E-state index is 11.1. The van der Waals surface area contributed by atoms with Crippen LogP contribution in [0.1, 0.15) is 57.5 Å². The van der Waals surface area contributed by atoms with Crippen molar-refractivity contribution in [1.82, 2.24) is 0 Å². The largest absolute Gasteiger partial charge is 0.541 e. The second-order valence-corrected chi connectivity index (χ2v) is 12.9. The molecule has 0 fully saturated rings. The molecule has 0 unspecified atom stereocenters. The Morgan fingerprint density at radius 3 is 1.86 bits per heavy atom. The number of aldehydes is 1. The standard InChI is InChI=1S/C17H26Cl2O2Si/c1-10(2)22(11(3)4,12(5)6)21-17-15(18)8-14(9-20)13(7)16(17)19/h8-12H,1-7H3. The number of benzene rings is 1. The summed E-state index contributed by atoms with van der Waals surface area (Å²) in [5.74, 6) is 0.536. The molecule has 0 saturated carbocycles. The SMILES string of the molecule is Cc1c(C=O)cc(Cl)c(O[Si](C(C)C)(C(C)C)C(C)C)c1Cl. The zero-order valence-corrected chi connectivity index (χ0v) is 17.0. The van der Waals surface area contributed by atoms with Crippen LogP contribution in [0.2, 0.25) is 26.7 Å². The van der Waals surface area contributed by atoms with Gasteiger partial charge in [0.2, 0.25) is 0 Å². The van der Waals surface area contributed by atoms with Crippen LogP contribution in [-0.4, -0.2) is 14.6 Å². The molecule has 1 aromatic rings. The molecule has 0 amide bonds. The Morgan fingerprint density at radius 2 is 1.50 bits per heavy atom. The van der Waals surface area contributed by atoms with E-state index in [2.05, 4.69) is 41.5 Å². The molecule has 0 heterocycles. The number of carbonyl (C=O) groups excluding carboxylic acids is 1. The van der Waals surface area contributed by atoms with E-state index in [0.29, 0.717) is 38.0 Å². The molecule has 2 nitrogen and oxygen atoms in total. The van der Waals surface area contributed by atoms with E-state index >= 15 is 0 Å². The smallest absolute Gasteiger partial charge is 0.258 e. The van der Waals surface area contributed by atoms with Crippen LogP contribution in [0.3, 0.4) is 0 Å². The molecule has 0 aliphatic carbocycles. The highest BCUT2D eigenvalue weighted by Gasteiger charge is 2.47. The zero-order valence-electron chi connectivity index (χ0n) is 14.5. The summed E-state index contributed by atoms with van der Waals surface area (Å²) in [4.78, 5) is 11.1. The average Bonchev–Trinajstić information content (AvgIpc) is 2.41. The molecule has 1 aromatic carbocycles. The Labute approximate surface area is 145 Å². The second-order valence-electron chi connectivity index (χ2n) is 6.75. The first-order valence-corrected chi connectivity index (χ1v) is 10.6. The minimum Gasteiger partial charge on any atom is -0.541 e. The van der Waals surface area contributed by atoms with Gasteiger partial charge in [-0.15, -0.1) is 0 Å². The highest BCUT2D eigenvalue weighted by atomic mass is 35.5. The van der Waals surface area contributed by atoms with Crippen LogP contribution in [0.5, 0.6) is 5.75 Å². The van der Waals surface area contributed by atoms with Crippen LogP contribution in [0, 0.1) is 6.92 Å². The van der Waals surface area contributed by atoms with E-state index in [4.69, 9.17) is 27.6 Å². The van der Waals surface area contributed by atoms with Gasteiger partial charge in [-0.25, -0.2) is 0 Å². The molecule has 0 N–H and O–H groups in total. The van der Waals surface area contributed by atoms with Crippen LogP contribution in [0.4, 0.5) is 0 Å². The summed E-state index contributed by atoms with van der Waals surface area (Å²) in [6, 6.07) is 1.64. The predicted octanol–water partition coefficient (Wildman–Crippen LogP) is 6.67. The molecule has 0 radical (unpaired) electrons. The summed E-state index contributed by atoms with van der Waals surface area (Å²) in [6.07, 6.45) is 0.773. The summed E-state index contributed by atoms with van der Waals surface area (Å²) in [7, 11) is -2.14. The molecule has 124 valence electrons. The van der Waals surface area contributed by atoms with Crippen molar-refractivity contribution in [3.05, 3.63) is 27.2 Å². The van der Waals surface area contributed by atoms with E-state index in [1.165, 1.54) is 0 Å². The van der Waals surface area contributed by atoms with E-state index in [1.807, 2.05) is 6.92 Å². The molecule has 0 spiro atoms. The lowest BCUT2D eigenvalue weighted by atomic mass is 10.1. The molecular weight excluding hydrogens is 335 g/mol. The third-order valence-corrected chi connectivity index (χ3v) is 11.3. The highest BCUT2D eigenvalue weighted by Crippen LogP contribution is 2.47. The number of halogens is 2. The summed E-state index contributed by atoms with van der Waals surface area (Å²) < 4.78 is 6.59. The molecule has 0 aliphatic rings. The molecule has 22 heavy (non-hydrogen) atoms. The Morgan fingerprint density at radius 1 is 1.05 bits per heavy atom. The summed E-state index contributed by atoms with van der Waals surface area (Å²) in [5, 5.41) is 0.866. The van der Waals surface area contributed by atoms with Gasteiger partial charge in [-0.1, -0.05) is 64.7 Å². The predicted molar refractivity (Wildman–Crippen MR) is 98.3 cm³/mol. The van der Waals surface area contributed by atoms with E-state index in [0.717, 1.165) is 11.8 Å². The van der Waals surface area contributed by atoms with Crippen LogP contribution >= 0.6 is 23.2 Å². The summed E-state index contributed by atoms with van der Waals surface area (Å²) in [5.41, 5.74) is 2.49. The quantitative estimate of drug-likeness (QED) is 0.418. The van der Waals surface area contributed by atoms with Gasteiger partial charge in [0.1, 0.15) is 12.0 Å². The van der Waals surface area contributed by atoms with Crippen LogP contribution in [0.15, 0.2) is 6.07 Å². The topological polar surface area (TPSA) is 26.3 Å². The van der Waals surface area contributed by atoms with Gasteiger partial charge >= 0.3 is 0 Å². The molecule has 0 aromatic heterocycles. The Kier molecular flexibility index (Phi) is 6.54. The molecule has 0 bridgehead atoms. The first-order valence-electron chi connectivity index (χ1n) is 7.72. The Balaban J connectivity index is 3.49. The third kappa shape index (κ3) is 3.37. The van der Waals surface area contributed by atoms with Crippen molar-refractivity contribution in [1.29, 1.82) is 0 Å². The lowest BCUT2D eigenvalue weighted by Crippen LogP contribution is -2.50. The zero-order chi connectivity index (χ0) is 17.2. The van der Waals surface area contributed by atoms with Crippen molar-refractivity contribution < 1.29 is 9.22 Å². The fourth-order valence-corrected chi connectivity index (χ4v) is 9.41. The lowest BCUT2D eigenvalue weighted by Gasteiger charge is -2.42. The minimum atomic E-state index is -2.14. The first-order chi connectivity index (χ1) is 10.1. The number of rotatable bonds is 6. The average molecular weight is 361 g/mol. The van der Waals surface area contributed by atoms with Gasteiger partial charge < -0.3 is 4.43 Å². The molecule has 0 aliphatic heterocycles. The number of hydrogen-bond acceptors (Lipinski definition) is 2. The highest BCUT2D eigenvalue weighted by molar-refractivity contribution is 6.78. The summed E-state index contributed by atoms with van der Waals surface area (Å²) in [6.45, 7) is 15.1. The molecular formula is C17H26Cl2O2Si. The molecule has 0 atom stereocenters. The van der Waals surface area contributed by atoms with E-state index in [-0.39, 0.29) is 0 Å². The van der Waals surface area contributed by atoms with Crippen molar-refractivity contribution in [2.45, 2.75) is 65.1 Å². The van der Waals surface area contributed by atoms with E-state index in [1.54, 1.807) is 6.07 Å². The molecule has 0 saturated heterocycles. The van der Waals surface area contributed by atoms with Crippen molar-refractivity contribution in [3.63, 3.8) is 0 Å². The maximum Gasteiger partial charge on any atom is 0.258 e. The third-order valence-electron chi connectivity index (χ3n) is 4.57. The van der Waals surface area contributed by atoms with Gasteiger partial charge in [-0.2, -0.15) is 0 Å².